The third-order valence-electron chi connectivity index (χ3n) is 3.25. The Morgan fingerprint density at radius 1 is 1.24 bits per heavy atom. The molecule has 0 saturated heterocycles. The van der Waals surface area contributed by atoms with E-state index in [1.807, 2.05) is 6.92 Å². The average Bonchev–Trinajstić information content (AvgIpc) is 2.40. The smallest absolute Gasteiger partial charge is 0.326 e. The summed E-state index contributed by atoms with van der Waals surface area (Å²) in [5.41, 5.74) is 0. The highest BCUT2D eigenvalue weighted by atomic mass is 16.5. The molecule has 122 valence electrons. The number of amides is 2. The molecular weight excluding hydrogens is 276 g/mol. The molecule has 0 bridgehead atoms. The van der Waals surface area contributed by atoms with Gasteiger partial charge in [0.05, 0.1) is 7.11 Å². The first-order valence-corrected chi connectivity index (χ1v) is 7.02. The maximum atomic E-state index is 12.0. The number of methoxy groups -OCH3 is 1. The molecule has 0 aliphatic heterocycles. The Hall–Kier alpha value is -1.79. The van der Waals surface area contributed by atoms with Crippen LogP contribution in [0, 0.1) is 5.92 Å². The first kappa shape index (κ1) is 19.2. The second-order valence-corrected chi connectivity index (χ2v) is 5.54. The van der Waals surface area contributed by atoms with Crippen molar-refractivity contribution in [2.45, 2.75) is 52.1 Å². The zero-order valence-corrected chi connectivity index (χ0v) is 13.4. The lowest BCUT2D eigenvalue weighted by Gasteiger charge is -2.28. The number of carbonyl (C=O) groups excluding carboxylic acids is 2. The number of hydrogen-bond acceptors (Lipinski definition) is 4. The topological polar surface area (TPSA) is 95.9 Å². The number of nitrogens with one attached hydrogen (secondary N) is 1. The summed E-state index contributed by atoms with van der Waals surface area (Å²) < 4.78 is 4.46. The van der Waals surface area contributed by atoms with Gasteiger partial charge in [-0.1, -0.05) is 13.8 Å². The molecule has 2 atom stereocenters. The normalized spacial score (nSPS) is 13.4. The molecule has 7 heteroatoms. The van der Waals surface area contributed by atoms with E-state index in [-0.39, 0.29) is 18.9 Å². The molecule has 0 spiro atoms. The second kappa shape index (κ2) is 9.20. The summed E-state index contributed by atoms with van der Waals surface area (Å²) in [5, 5.41) is 11.5. The molecule has 7 nitrogen and oxygen atoms in total. The number of esters is 1. The molecule has 0 aliphatic carbocycles. The van der Waals surface area contributed by atoms with Crippen molar-refractivity contribution in [2.24, 2.45) is 5.92 Å². The molecule has 0 aliphatic rings. The van der Waals surface area contributed by atoms with E-state index in [0.29, 0.717) is 5.92 Å². The molecule has 2 N–H and O–H groups in total. The number of carboxylic acid groups (broad SMARTS) is 1. The summed E-state index contributed by atoms with van der Waals surface area (Å²) in [5.74, 6) is -1.24. The fraction of sp³-hybridized carbons (Fsp3) is 0.786. The van der Waals surface area contributed by atoms with E-state index >= 15 is 0 Å². The van der Waals surface area contributed by atoms with Crippen LogP contribution in [0.3, 0.4) is 0 Å². The van der Waals surface area contributed by atoms with Gasteiger partial charge in [0.2, 0.25) is 0 Å². The lowest BCUT2D eigenvalue weighted by Crippen LogP contribution is -2.49. The highest BCUT2D eigenvalue weighted by molar-refractivity contribution is 5.83. The van der Waals surface area contributed by atoms with Crippen LogP contribution in [0.2, 0.25) is 0 Å². The number of carboxylic acids is 1. The van der Waals surface area contributed by atoms with Crippen molar-refractivity contribution in [3.63, 3.8) is 0 Å². The number of carbonyl (C=O) groups is 3. The van der Waals surface area contributed by atoms with Gasteiger partial charge in [-0.25, -0.2) is 9.59 Å². The Kier molecular flexibility index (Phi) is 8.42. The number of rotatable bonds is 8. The van der Waals surface area contributed by atoms with E-state index in [2.05, 4.69) is 23.9 Å². The van der Waals surface area contributed by atoms with Crippen molar-refractivity contribution in [3.05, 3.63) is 0 Å². The van der Waals surface area contributed by atoms with E-state index in [4.69, 9.17) is 5.11 Å². The van der Waals surface area contributed by atoms with Gasteiger partial charge in [-0.05, 0) is 25.7 Å². The van der Waals surface area contributed by atoms with Crippen molar-refractivity contribution >= 4 is 18.0 Å². The molecule has 0 radical (unpaired) electrons. The monoisotopic (exact) mass is 302 g/mol. The maximum Gasteiger partial charge on any atom is 0.326 e. The number of aliphatic carboxylic acids is 1. The van der Waals surface area contributed by atoms with E-state index < -0.39 is 24.0 Å². The molecule has 0 heterocycles. The van der Waals surface area contributed by atoms with Crippen LogP contribution in [0.25, 0.3) is 0 Å². The Bertz CT molecular complexity index is 370. The summed E-state index contributed by atoms with van der Waals surface area (Å²) in [7, 11) is 2.86. The van der Waals surface area contributed by atoms with Crippen LogP contribution in [-0.2, 0) is 14.3 Å². The van der Waals surface area contributed by atoms with Crippen LogP contribution in [0.5, 0.6) is 0 Å². The zero-order chi connectivity index (χ0) is 16.6. The fourth-order valence-corrected chi connectivity index (χ4v) is 1.91. The molecular formula is C14H26N2O5. The summed E-state index contributed by atoms with van der Waals surface area (Å²) in [6.07, 6.45) is 0.767. The number of hydrogen-bond donors (Lipinski definition) is 2. The lowest BCUT2D eigenvalue weighted by atomic mass is 10.0. The number of ether oxygens (including phenoxy) is 1. The van der Waals surface area contributed by atoms with Gasteiger partial charge in [0, 0.05) is 19.5 Å². The van der Waals surface area contributed by atoms with Crippen molar-refractivity contribution in [2.75, 3.05) is 14.2 Å². The van der Waals surface area contributed by atoms with Crippen LogP contribution in [0.1, 0.15) is 40.0 Å². The summed E-state index contributed by atoms with van der Waals surface area (Å²) in [6.45, 7) is 6.01. The van der Waals surface area contributed by atoms with Gasteiger partial charge in [0.15, 0.2) is 0 Å². The maximum absolute atomic E-state index is 12.0. The number of urea groups is 1. The molecule has 21 heavy (non-hydrogen) atoms. The Morgan fingerprint density at radius 3 is 2.24 bits per heavy atom. The predicted molar refractivity (Wildman–Crippen MR) is 77.9 cm³/mol. The molecule has 1 unspecified atom stereocenters. The van der Waals surface area contributed by atoms with Gasteiger partial charge in [-0.2, -0.15) is 0 Å². The van der Waals surface area contributed by atoms with Gasteiger partial charge < -0.3 is 20.1 Å². The van der Waals surface area contributed by atoms with Gasteiger partial charge in [-0.3, -0.25) is 4.79 Å². The number of nitrogens with zero attached hydrogens (tertiary/aromatic N) is 1. The average molecular weight is 302 g/mol. The zero-order valence-electron chi connectivity index (χ0n) is 13.4. The molecule has 0 aromatic carbocycles. The van der Waals surface area contributed by atoms with Crippen molar-refractivity contribution in [1.82, 2.24) is 10.2 Å². The van der Waals surface area contributed by atoms with E-state index in [0.717, 1.165) is 6.42 Å². The molecule has 0 saturated carbocycles. The van der Waals surface area contributed by atoms with Crippen LogP contribution < -0.4 is 5.32 Å². The van der Waals surface area contributed by atoms with Crippen molar-refractivity contribution < 1.29 is 24.2 Å². The Balaban J connectivity index is 4.52. The quantitative estimate of drug-likeness (QED) is 0.662. The van der Waals surface area contributed by atoms with Gasteiger partial charge >= 0.3 is 18.0 Å². The fourth-order valence-electron chi connectivity index (χ4n) is 1.91. The van der Waals surface area contributed by atoms with Crippen LogP contribution in [0.15, 0.2) is 0 Å². The second-order valence-electron chi connectivity index (χ2n) is 5.54. The van der Waals surface area contributed by atoms with Crippen molar-refractivity contribution in [1.29, 1.82) is 0 Å². The lowest BCUT2D eigenvalue weighted by molar-refractivity contribution is -0.142. The molecule has 0 rings (SSSR count). The third kappa shape index (κ3) is 7.53. The minimum Gasteiger partial charge on any atom is -0.480 e. The molecule has 2 amide bonds. The van der Waals surface area contributed by atoms with Crippen LogP contribution >= 0.6 is 0 Å². The minimum absolute atomic E-state index is 0.0000481. The first-order chi connectivity index (χ1) is 9.68. The Morgan fingerprint density at radius 2 is 1.81 bits per heavy atom. The van der Waals surface area contributed by atoms with Gasteiger partial charge in [0.25, 0.3) is 0 Å². The Labute approximate surface area is 125 Å². The highest BCUT2D eigenvalue weighted by Crippen LogP contribution is 2.10. The van der Waals surface area contributed by atoms with Gasteiger partial charge in [-0.15, -0.1) is 0 Å². The van der Waals surface area contributed by atoms with E-state index in [9.17, 15) is 14.4 Å². The summed E-state index contributed by atoms with van der Waals surface area (Å²) >= 11 is 0. The summed E-state index contributed by atoms with van der Waals surface area (Å²) in [6, 6.07) is -1.56. The van der Waals surface area contributed by atoms with Crippen molar-refractivity contribution in [3.8, 4) is 0 Å². The van der Waals surface area contributed by atoms with E-state index in [1.165, 1.54) is 12.0 Å². The summed E-state index contributed by atoms with van der Waals surface area (Å²) in [4.78, 5) is 35.7. The third-order valence-corrected chi connectivity index (χ3v) is 3.25. The standard InChI is InChI=1S/C14H26N2O5/c1-9(2)8-10(3)16(4)14(20)15-11(13(18)19)6-7-12(17)21-5/h9-11H,6-8H2,1-5H3,(H,15,20)(H,18,19)/t10?,11-/m0/s1. The largest absolute Gasteiger partial charge is 0.480 e. The van der Waals surface area contributed by atoms with E-state index in [1.54, 1.807) is 7.05 Å². The van der Waals surface area contributed by atoms with Crippen LogP contribution in [-0.4, -0.2) is 54.2 Å². The first-order valence-electron chi connectivity index (χ1n) is 7.02. The molecule has 0 aromatic heterocycles. The van der Waals surface area contributed by atoms with Gasteiger partial charge in [0.1, 0.15) is 6.04 Å². The molecule has 0 aromatic rings. The predicted octanol–water partition coefficient (Wildman–Crippen LogP) is 1.47. The minimum atomic E-state index is -1.17. The van der Waals surface area contributed by atoms with Crippen LogP contribution in [0.4, 0.5) is 4.79 Å². The highest BCUT2D eigenvalue weighted by Gasteiger charge is 2.24. The SMILES string of the molecule is COC(=O)CC[C@H](NC(=O)N(C)C(C)CC(C)C)C(=O)O. The molecule has 0 fully saturated rings.